The van der Waals surface area contributed by atoms with Gasteiger partial charge >= 0.3 is 91.9 Å². The van der Waals surface area contributed by atoms with Gasteiger partial charge in [0.15, 0.2) is 0 Å². The molecule has 0 aromatic heterocycles. The van der Waals surface area contributed by atoms with Crippen molar-refractivity contribution in [2.24, 2.45) is 0 Å². The van der Waals surface area contributed by atoms with Gasteiger partial charge in [-0.25, -0.2) is 0 Å². The molecule has 0 aromatic carbocycles. The zero-order valence-corrected chi connectivity index (χ0v) is 10.1. The summed E-state index contributed by atoms with van der Waals surface area (Å²) in [4.78, 5) is 34.6. The van der Waals surface area contributed by atoms with Crippen molar-refractivity contribution in [2.45, 2.75) is 25.7 Å². The van der Waals surface area contributed by atoms with Gasteiger partial charge in [0, 0.05) is 0 Å². The normalized spacial score (nSPS) is 18.3. The Labute approximate surface area is 92.1 Å². The Balaban J connectivity index is 2.99. The molecular formula is C11H14O3Ru. The van der Waals surface area contributed by atoms with E-state index in [1.807, 2.05) is 12.2 Å². The summed E-state index contributed by atoms with van der Waals surface area (Å²) in [5.41, 5.74) is 0. The molecule has 0 saturated carbocycles. The van der Waals surface area contributed by atoms with E-state index < -0.39 is 14.8 Å². The Bertz CT molecular complexity index is 296. The van der Waals surface area contributed by atoms with E-state index in [2.05, 4.69) is 6.08 Å². The number of allylic oxidation sites excluding steroid dienone is 4. The number of carbonyl (C=O) groups is 3. The van der Waals surface area contributed by atoms with Crippen LogP contribution in [0.2, 0.25) is 0 Å². The van der Waals surface area contributed by atoms with Crippen molar-refractivity contribution >= 4 is 14.6 Å². The quantitative estimate of drug-likeness (QED) is 0.451. The van der Waals surface area contributed by atoms with Gasteiger partial charge in [-0.05, 0) is 0 Å². The van der Waals surface area contributed by atoms with E-state index in [1.54, 1.807) is 0 Å². The molecule has 0 bridgehead atoms. The van der Waals surface area contributed by atoms with E-state index in [4.69, 9.17) is 0 Å². The van der Waals surface area contributed by atoms with Gasteiger partial charge in [0.2, 0.25) is 0 Å². The average Bonchev–Trinajstić information content (AvgIpc) is 2.23. The molecule has 0 saturated heterocycles. The molecule has 0 fully saturated rings. The summed E-state index contributed by atoms with van der Waals surface area (Å²) < 4.78 is 0.801. The molecule has 84 valence electrons. The summed E-state index contributed by atoms with van der Waals surface area (Å²) in [5.74, 6) is 0. The Morgan fingerprint density at radius 3 is 2.33 bits per heavy atom. The first-order valence-electron chi connectivity index (χ1n) is 4.70. The van der Waals surface area contributed by atoms with Crippen LogP contribution in [-0.4, -0.2) is 14.6 Å². The third-order valence-electron chi connectivity index (χ3n) is 2.22. The molecule has 0 radical (unpaired) electrons. The first-order chi connectivity index (χ1) is 7.29. The zero-order valence-electron chi connectivity index (χ0n) is 8.37. The van der Waals surface area contributed by atoms with Crippen LogP contribution in [0.25, 0.3) is 0 Å². The zero-order chi connectivity index (χ0) is 11.1. The fourth-order valence-corrected chi connectivity index (χ4v) is 4.35. The van der Waals surface area contributed by atoms with E-state index in [0.717, 1.165) is 17.0 Å². The van der Waals surface area contributed by atoms with Crippen molar-refractivity contribution in [3.05, 3.63) is 22.4 Å². The SMILES string of the molecule is O=[CH][Ru]([CH]=O)([CH]=O)[C]1=CCC=CCCC1. The topological polar surface area (TPSA) is 51.2 Å². The second-order valence-electron chi connectivity index (χ2n) is 3.14. The molecule has 0 unspecified atom stereocenters. The molecule has 3 nitrogen and oxygen atoms in total. The molecule has 1 aliphatic rings. The van der Waals surface area contributed by atoms with Gasteiger partial charge in [-0.1, -0.05) is 0 Å². The van der Waals surface area contributed by atoms with Crippen molar-refractivity contribution < 1.29 is 29.2 Å². The van der Waals surface area contributed by atoms with Crippen LogP contribution in [0.5, 0.6) is 0 Å². The van der Waals surface area contributed by atoms with Crippen LogP contribution in [0.4, 0.5) is 0 Å². The van der Waals surface area contributed by atoms with Crippen molar-refractivity contribution in [1.29, 1.82) is 0 Å². The molecular weight excluding hydrogens is 281 g/mol. The number of carbonyl (C=O) groups excluding carboxylic acids is 3. The van der Waals surface area contributed by atoms with Gasteiger partial charge < -0.3 is 0 Å². The van der Waals surface area contributed by atoms with Crippen LogP contribution in [0, 0.1) is 0 Å². The third kappa shape index (κ3) is 2.79. The van der Waals surface area contributed by atoms with Gasteiger partial charge in [0.05, 0.1) is 0 Å². The van der Waals surface area contributed by atoms with Crippen LogP contribution in [0.15, 0.2) is 22.4 Å². The first kappa shape index (κ1) is 12.2. The average molecular weight is 295 g/mol. The Morgan fingerprint density at radius 1 is 1.07 bits per heavy atom. The molecule has 0 aromatic rings. The Hall–Kier alpha value is -0.887. The molecule has 15 heavy (non-hydrogen) atoms. The minimum atomic E-state index is -3.43. The predicted molar refractivity (Wildman–Crippen MR) is 55.9 cm³/mol. The molecule has 4 heteroatoms. The van der Waals surface area contributed by atoms with Gasteiger partial charge in [0.25, 0.3) is 0 Å². The van der Waals surface area contributed by atoms with E-state index in [-0.39, 0.29) is 0 Å². The summed E-state index contributed by atoms with van der Waals surface area (Å²) >= 11 is -3.43. The van der Waals surface area contributed by atoms with E-state index in [1.165, 1.54) is 0 Å². The Morgan fingerprint density at radius 2 is 1.73 bits per heavy atom. The fourth-order valence-electron chi connectivity index (χ4n) is 1.39. The Kier molecular flexibility index (Phi) is 4.76. The molecule has 0 aliphatic heterocycles. The fraction of sp³-hybridized carbons (Fsp3) is 0.364. The number of hydrogen-bond donors (Lipinski definition) is 0. The molecule has 0 amide bonds. The second-order valence-corrected chi connectivity index (χ2v) is 8.73. The van der Waals surface area contributed by atoms with Gasteiger partial charge in [-0.3, -0.25) is 0 Å². The van der Waals surface area contributed by atoms with E-state index in [9.17, 15) is 14.4 Å². The van der Waals surface area contributed by atoms with Crippen molar-refractivity contribution in [2.75, 3.05) is 0 Å². The van der Waals surface area contributed by atoms with Crippen LogP contribution in [0.1, 0.15) is 25.7 Å². The summed E-state index contributed by atoms with van der Waals surface area (Å²) in [7, 11) is 0. The summed E-state index contributed by atoms with van der Waals surface area (Å²) in [6.07, 6.45) is 9.23. The molecule has 0 N–H and O–H groups in total. The minimum absolute atomic E-state index is 0.605. The molecule has 0 atom stereocenters. The molecule has 1 aliphatic carbocycles. The molecule has 0 spiro atoms. The number of rotatable bonds is 4. The van der Waals surface area contributed by atoms with Crippen molar-refractivity contribution in [1.82, 2.24) is 0 Å². The second kappa shape index (κ2) is 5.86. The monoisotopic (exact) mass is 296 g/mol. The van der Waals surface area contributed by atoms with E-state index >= 15 is 0 Å². The third-order valence-corrected chi connectivity index (χ3v) is 6.98. The van der Waals surface area contributed by atoms with Crippen LogP contribution < -0.4 is 0 Å². The number of hydrogen-bond acceptors (Lipinski definition) is 3. The summed E-state index contributed by atoms with van der Waals surface area (Å²) in [6.45, 7) is 0. The van der Waals surface area contributed by atoms with Crippen LogP contribution in [0.3, 0.4) is 0 Å². The standard InChI is InChI=1S/C8H11.3CHO.Ru/c1-2-4-6-8-7-5-3-1;3*1-2;/h1-2,5H,3-4,6,8H2;3*1H;. The molecule has 1 rings (SSSR count). The van der Waals surface area contributed by atoms with E-state index in [0.29, 0.717) is 27.5 Å². The predicted octanol–water partition coefficient (Wildman–Crippen LogP) is 1.73. The van der Waals surface area contributed by atoms with Crippen molar-refractivity contribution in [3.63, 3.8) is 0 Å². The maximum absolute atomic E-state index is 10.9. The van der Waals surface area contributed by atoms with Gasteiger partial charge in [-0.2, -0.15) is 0 Å². The first-order valence-corrected chi connectivity index (χ1v) is 8.58. The summed E-state index contributed by atoms with van der Waals surface area (Å²) in [5, 5.41) is 0. The van der Waals surface area contributed by atoms with Gasteiger partial charge in [-0.15, -0.1) is 0 Å². The van der Waals surface area contributed by atoms with Crippen molar-refractivity contribution in [3.8, 4) is 0 Å². The summed E-state index contributed by atoms with van der Waals surface area (Å²) in [6, 6.07) is 0. The molecule has 0 heterocycles. The van der Waals surface area contributed by atoms with Gasteiger partial charge in [0.1, 0.15) is 0 Å². The van der Waals surface area contributed by atoms with Crippen LogP contribution in [-0.2, 0) is 29.2 Å². The van der Waals surface area contributed by atoms with Crippen LogP contribution >= 0.6 is 0 Å². The maximum atomic E-state index is 10.9.